The van der Waals surface area contributed by atoms with Crippen molar-refractivity contribution in [3.63, 3.8) is 0 Å². The molecule has 1 aliphatic rings. The van der Waals surface area contributed by atoms with Gasteiger partial charge in [-0.1, -0.05) is 24.3 Å². The Morgan fingerprint density at radius 1 is 1.07 bits per heavy atom. The predicted octanol–water partition coefficient (Wildman–Crippen LogP) is 4.29. The van der Waals surface area contributed by atoms with E-state index in [1.807, 2.05) is 41.3 Å². The Morgan fingerprint density at radius 2 is 1.96 bits per heavy atom. The molecule has 0 fully saturated rings. The number of anilines is 3. The number of pyridine rings is 1. The van der Waals surface area contributed by atoms with Gasteiger partial charge in [0.1, 0.15) is 5.69 Å². The zero-order chi connectivity index (χ0) is 18.6. The average Bonchev–Trinajstić information content (AvgIpc) is 2.73. The molecule has 0 unspecified atom stereocenters. The molecular weight excluding hydrogens is 336 g/mol. The number of amides is 1. The van der Waals surface area contributed by atoms with Crippen LogP contribution < -0.4 is 10.2 Å². The van der Waals surface area contributed by atoms with Crippen LogP contribution in [0.15, 0.2) is 66.9 Å². The lowest BCUT2D eigenvalue weighted by Gasteiger charge is -2.29. The highest BCUT2D eigenvalue weighted by atomic mass is 16.2. The van der Waals surface area contributed by atoms with Crippen molar-refractivity contribution in [2.75, 3.05) is 16.8 Å². The molecule has 2 heterocycles. The summed E-state index contributed by atoms with van der Waals surface area (Å²) in [6.07, 6.45) is 3.59. The lowest BCUT2D eigenvalue weighted by atomic mass is 10.0. The first kappa shape index (κ1) is 16.8. The van der Waals surface area contributed by atoms with Crippen LogP contribution in [0.2, 0.25) is 0 Å². The lowest BCUT2D eigenvalue weighted by molar-refractivity contribution is 0.0980. The maximum atomic E-state index is 12.9. The molecule has 1 aromatic heterocycles. The highest BCUT2D eigenvalue weighted by Crippen LogP contribution is 2.28. The summed E-state index contributed by atoms with van der Waals surface area (Å²) in [7, 11) is 0. The number of para-hydroxylation sites is 1. The molecular formula is C22H18N4O. The van der Waals surface area contributed by atoms with Gasteiger partial charge in [0, 0.05) is 17.9 Å². The van der Waals surface area contributed by atoms with Crippen LogP contribution in [-0.2, 0) is 6.42 Å². The molecule has 132 valence electrons. The molecule has 5 nitrogen and oxygen atoms in total. The maximum Gasteiger partial charge on any atom is 0.276 e. The third-order valence-electron chi connectivity index (χ3n) is 4.62. The predicted molar refractivity (Wildman–Crippen MR) is 105 cm³/mol. The summed E-state index contributed by atoms with van der Waals surface area (Å²) in [5.41, 5.74) is 4.76. The molecule has 0 saturated carbocycles. The molecule has 0 spiro atoms. The second-order valence-electron chi connectivity index (χ2n) is 6.44. The van der Waals surface area contributed by atoms with Crippen LogP contribution in [0.5, 0.6) is 0 Å². The normalized spacial score (nSPS) is 12.8. The Hall–Kier alpha value is -3.65. The van der Waals surface area contributed by atoms with E-state index in [1.165, 1.54) is 5.56 Å². The highest BCUT2D eigenvalue weighted by Gasteiger charge is 2.23. The first-order chi connectivity index (χ1) is 13.2. The van der Waals surface area contributed by atoms with Crippen LogP contribution in [0.3, 0.4) is 0 Å². The Kier molecular flexibility index (Phi) is 4.54. The fourth-order valence-electron chi connectivity index (χ4n) is 3.31. The second-order valence-corrected chi connectivity index (χ2v) is 6.44. The number of carbonyl (C=O) groups excluding carboxylic acids is 1. The number of fused-ring (bicyclic) bond motifs is 1. The molecule has 0 atom stereocenters. The minimum Gasteiger partial charge on any atom is -0.354 e. The van der Waals surface area contributed by atoms with Crippen molar-refractivity contribution in [2.45, 2.75) is 12.8 Å². The van der Waals surface area contributed by atoms with Gasteiger partial charge in [-0.2, -0.15) is 5.26 Å². The van der Waals surface area contributed by atoms with Gasteiger partial charge in [-0.3, -0.25) is 4.79 Å². The molecule has 5 heteroatoms. The Morgan fingerprint density at radius 3 is 2.78 bits per heavy atom. The minimum absolute atomic E-state index is 0.0832. The number of nitrogens with zero attached hydrogens (tertiary/aromatic N) is 3. The molecule has 1 N–H and O–H groups in total. The van der Waals surface area contributed by atoms with E-state index in [0.717, 1.165) is 29.9 Å². The molecule has 0 radical (unpaired) electrons. The van der Waals surface area contributed by atoms with E-state index >= 15 is 0 Å². The van der Waals surface area contributed by atoms with Crippen molar-refractivity contribution in [1.29, 1.82) is 5.26 Å². The van der Waals surface area contributed by atoms with E-state index in [1.54, 1.807) is 24.4 Å². The first-order valence-corrected chi connectivity index (χ1v) is 8.87. The molecule has 1 amide bonds. The van der Waals surface area contributed by atoms with E-state index < -0.39 is 0 Å². The monoisotopic (exact) mass is 354 g/mol. The fraction of sp³-hybridized carbons (Fsp3) is 0.136. The van der Waals surface area contributed by atoms with Gasteiger partial charge in [0.25, 0.3) is 5.91 Å². The number of hydrogen-bond donors (Lipinski definition) is 1. The summed E-state index contributed by atoms with van der Waals surface area (Å²) < 4.78 is 0. The third kappa shape index (κ3) is 3.51. The molecule has 0 bridgehead atoms. The van der Waals surface area contributed by atoms with Crippen molar-refractivity contribution < 1.29 is 4.79 Å². The second kappa shape index (κ2) is 7.30. The number of nitrogens with one attached hydrogen (secondary N) is 1. The Bertz CT molecular complexity index is 1020. The van der Waals surface area contributed by atoms with Gasteiger partial charge in [0.2, 0.25) is 0 Å². The van der Waals surface area contributed by atoms with Crippen molar-refractivity contribution in [1.82, 2.24) is 4.98 Å². The first-order valence-electron chi connectivity index (χ1n) is 8.87. The summed E-state index contributed by atoms with van der Waals surface area (Å²) in [5, 5.41) is 12.2. The number of nitriles is 1. The van der Waals surface area contributed by atoms with Gasteiger partial charge < -0.3 is 10.2 Å². The van der Waals surface area contributed by atoms with E-state index in [0.29, 0.717) is 17.8 Å². The van der Waals surface area contributed by atoms with Crippen LogP contribution >= 0.6 is 0 Å². The third-order valence-corrected chi connectivity index (χ3v) is 4.62. The van der Waals surface area contributed by atoms with E-state index in [4.69, 9.17) is 5.26 Å². The summed E-state index contributed by atoms with van der Waals surface area (Å²) in [6.45, 7) is 0.707. The SMILES string of the molecule is N#Cc1cccc(Nc2ccc(C(=O)N3CCCc4ccccc43)nc2)c1. The Balaban J connectivity index is 1.52. The smallest absolute Gasteiger partial charge is 0.276 e. The molecule has 0 saturated heterocycles. The number of benzene rings is 2. The quantitative estimate of drug-likeness (QED) is 0.762. The number of aromatic nitrogens is 1. The van der Waals surface area contributed by atoms with Gasteiger partial charge in [-0.15, -0.1) is 0 Å². The van der Waals surface area contributed by atoms with Gasteiger partial charge in [-0.25, -0.2) is 4.98 Å². The summed E-state index contributed by atoms with van der Waals surface area (Å²) in [6, 6.07) is 20.9. The van der Waals surface area contributed by atoms with Gasteiger partial charge in [0.05, 0.1) is 23.5 Å². The number of hydrogen-bond acceptors (Lipinski definition) is 4. The van der Waals surface area contributed by atoms with Crippen LogP contribution in [0, 0.1) is 11.3 Å². The number of carbonyl (C=O) groups is 1. The zero-order valence-electron chi connectivity index (χ0n) is 14.7. The summed E-state index contributed by atoms with van der Waals surface area (Å²) >= 11 is 0. The van der Waals surface area contributed by atoms with Crippen molar-refractivity contribution >= 4 is 23.0 Å². The minimum atomic E-state index is -0.0832. The molecule has 3 aromatic rings. The van der Waals surface area contributed by atoms with Gasteiger partial charge in [0.15, 0.2) is 0 Å². The fourth-order valence-corrected chi connectivity index (χ4v) is 3.31. The van der Waals surface area contributed by atoms with Gasteiger partial charge >= 0.3 is 0 Å². The van der Waals surface area contributed by atoms with Crippen molar-refractivity contribution in [3.05, 3.63) is 83.7 Å². The molecule has 27 heavy (non-hydrogen) atoms. The van der Waals surface area contributed by atoms with E-state index in [-0.39, 0.29) is 5.91 Å². The summed E-state index contributed by atoms with van der Waals surface area (Å²) in [5.74, 6) is -0.0832. The van der Waals surface area contributed by atoms with Crippen LogP contribution in [0.4, 0.5) is 17.1 Å². The molecule has 4 rings (SSSR count). The average molecular weight is 354 g/mol. The number of rotatable bonds is 3. The molecule has 0 aliphatic carbocycles. The maximum absolute atomic E-state index is 12.9. The van der Waals surface area contributed by atoms with Crippen LogP contribution in [0.25, 0.3) is 0 Å². The van der Waals surface area contributed by atoms with E-state index in [9.17, 15) is 4.79 Å². The largest absolute Gasteiger partial charge is 0.354 e. The van der Waals surface area contributed by atoms with Crippen LogP contribution in [0.1, 0.15) is 28.0 Å². The number of aryl methyl sites for hydroxylation is 1. The highest BCUT2D eigenvalue weighted by molar-refractivity contribution is 6.05. The summed E-state index contributed by atoms with van der Waals surface area (Å²) in [4.78, 5) is 19.1. The standard InChI is InChI=1S/C22H18N4O/c23-14-16-5-3-8-18(13-16)25-19-10-11-20(24-15-19)22(27)26-12-4-7-17-6-1-2-9-21(17)26/h1-3,5-6,8-11,13,15,25H,4,7,12H2. The van der Waals surface area contributed by atoms with Crippen molar-refractivity contribution in [3.8, 4) is 6.07 Å². The zero-order valence-corrected chi connectivity index (χ0v) is 14.7. The topological polar surface area (TPSA) is 69.0 Å². The molecule has 1 aliphatic heterocycles. The van der Waals surface area contributed by atoms with Gasteiger partial charge in [-0.05, 0) is 54.8 Å². The van der Waals surface area contributed by atoms with Crippen LogP contribution in [-0.4, -0.2) is 17.4 Å². The molecule has 2 aromatic carbocycles. The van der Waals surface area contributed by atoms with Crippen molar-refractivity contribution in [2.24, 2.45) is 0 Å². The van der Waals surface area contributed by atoms with E-state index in [2.05, 4.69) is 22.4 Å². The lowest BCUT2D eigenvalue weighted by Crippen LogP contribution is -2.35. The Labute approximate surface area is 157 Å².